The van der Waals surface area contributed by atoms with Crippen LogP contribution in [-0.2, 0) is 20.8 Å². The van der Waals surface area contributed by atoms with Crippen molar-refractivity contribution < 1.29 is 14.3 Å². The van der Waals surface area contributed by atoms with Gasteiger partial charge in [0.1, 0.15) is 6.10 Å². The number of carbonyl (C=O) groups excluding carboxylic acids is 1. The number of ether oxygens (including phenoxy) is 2. The number of carbonyl (C=O) groups is 1. The van der Waals surface area contributed by atoms with Crippen LogP contribution in [-0.4, -0.2) is 35.3 Å². The summed E-state index contributed by atoms with van der Waals surface area (Å²) in [5, 5.41) is 0. The van der Waals surface area contributed by atoms with Gasteiger partial charge in [-0.1, -0.05) is 43.0 Å². The molecule has 1 amide bonds. The fraction of sp³-hybridized carbons (Fsp3) is 0.389. The van der Waals surface area contributed by atoms with Gasteiger partial charge in [0.15, 0.2) is 5.79 Å². The van der Waals surface area contributed by atoms with E-state index >= 15 is 0 Å². The molecule has 1 heterocycles. The van der Waals surface area contributed by atoms with Crippen LogP contribution >= 0.6 is 0 Å². The van der Waals surface area contributed by atoms with Crippen LogP contribution in [0.1, 0.15) is 19.4 Å². The van der Waals surface area contributed by atoms with Gasteiger partial charge in [-0.25, -0.2) is 0 Å². The Morgan fingerprint density at radius 1 is 1.41 bits per heavy atom. The largest absolute Gasteiger partial charge is 0.348 e. The Morgan fingerprint density at radius 3 is 2.59 bits per heavy atom. The summed E-state index contributed by atoms with van der Waals surface area (Å²) in [5.74, 6) is -0.788. The van der Waals surface area contributed by atoms with Gasteiger partial charge in [-0.3, -0.25) is 4.79 Å². The van der Waals surface area contributed by atoms with Crippen LogP contribution in [0.15, 0.2) is 55.6 Å². The predicted octanol–water partition coefficient (Wildman–Crippen LogP) is 2.91. The molecule has 0 spiro atoms. The first-order valence-corrected chi connectivity index (χ1v) is 7.38. The van der Waals surface area contributed by atoms with Gasteiger partial charge in [0.2, 0.25) is 5.91 Å². The molecule has 1 aromatic rings. The Bertz CT molecular complexity index is 539. The van der Waals surface area contributed by atoms with Crippen LogP contribution < -0.4 is 0 Å². The summed E-state index contributed by atoms with van der Waals surface area (Å²) < 4.78 is 11.5. The first-order valence-electron chi connectivity index (χ1n) is 7.38. The minimum absolute atomic E-state index is 0.151. The lowest BCUT2D eigenvalue weighted by Gasteiger charge is -2.32. The van der Waals surface area contributed by atoms with Crippen molar-refractivity contribution in [3.63, 3.8) is 0 Å². The fourth-order valence-electron chi connectivity index (χ4n) is 2.59. The van der Waals surface area contributed by atoms with E-state index in [4.69, 9.17) is 9.47 Å². The highest BCUT2D eigenvalue weighted by Gasteiger charge is 2.39. The molecule has 0 bridgehead atoms. The quantitative estimate of drug-likeness (QED) is 0.599. The molecule has 0 aromatic heterocycles. The number of rotatable bonds is 6. The summed E-state index contributed by atoms with van der Waals surface area (Å²) in [4.78, 5) is 14.0. The minimum Gasteiger partial charge on any atom is -0.348 e. The van der Waals surface area contributed by atoms with E-state index in [0.717, 1.165) is 5.56 Å². The summed E-state index contributed by atoms with van der Waals surface area (Å²) in [5.41, 5.74) is 1.04. The molecule has 4 heteroatoms. The zero-order chi connectivity index (χ0) is 16.2. The van der Waals surface area contributed by atoms with Gasteiger partial charge in [0, 0.05) is 6.54 Å². The second kappa shape index (κ2) is 6.90. The molecule has 4 nitrogen and oxygen atoms in total. The predicted molar refractivity (Wildman–Crippen MR) is 86.1 cm³/mol. The minimum atomic E-state index is -0.637. The maximum absolute atomic E-state index is 12.3. The third kappa shape index (κ3) is 3.84. The molecular weight excluding hydrogens is 278 g/mol. The lowest BCUT2D eigenvalue weighted by Crippen LogP contribution is -2.46. The lowest BCUT2D eigenvalue weighted by molar-refractivity contribution is -0.149. The summed E-state index contributed by atoms with van der Waals surface area (Å²) in [6.45, 7) is 12.1. The molecule has 1 saturated heterocycles. The molecule has 1 fully saturated rings. The lowest BCUT2D eigenvalue weighted by atomic mass is 10.1. The Balaban J connectivity index is 2.21. The van der Waals surface area contributed by atoms with Crippen LogP contribution in [0, 0.1) is 0 Å². The number of hydrogen-bond donors (Lipinski definition) is 0. The van der Waals surface area contributed by atoms with E-state index in [9.17, 15) is 4.79 Å². The molecule has 0 unspecified atom stereocenters. The highest BCUT2D eigenvalue weighted by Crippen LogP contribution is 2.27. The Morgan fingerprint density at radius 2 is 2.09 bits per heavy atom. The normalized spacial score (nSPS) is 21.1. The molecule has 1 aliphatic rings. The van der Waals surface area contributed by atoms with Crippen molar-refractivity contribution in [3.8, 4) is 0 Å². The van der Waals surface area contributed by atoms with Crippen molar-refractivity contribution in [3.05, 3.63) is 61.2 Å². The molecule has 1 aliphatic heterocycles. The van der Waals surface area contributed by atoms with E-state index in [0.29, 0.717) is 13.2 Å². The topological polar surface area (TPSA) is 38.8 Å². The summed E-state index contributed by atoms with van der Waals surface area (Å²) in [6, 6.07) is 9.55. The SMILES string of the molecule is C=CC(=O)N(Cc1ccccc1)[C@@H](C=C)[C@H]1COC(C)(C)O1. The van der Waals surface area contributed by atoms with E-state index in [1.807, 2.05) is 44.2 Å². The van der Waals surface area contributed by atoms with Crippen molar-refractivity contribution in [2.24, 2.45) is 0 Å². The van der Waals surface area contributed by atoms with E-state index in [1.54, 1.807) is 11.0 Å². The van der Waals surface area contributed by atoms with Crippen molar-refractivity contribution in [2.45, 2.75) is 38.3 Å². The second-order valence-electron chi connectivity index (χ2n) is 5.75. The van der Waals surface area contributed by atoms with E-state index < -0.39 is 5.79 Å². The molecule has 2 rings (SSSR count). The first kappa shape index (κ1) is 16.5. The van der Waals surface area contributed by atoms with Crippen molar-refractivity contribution in [1.29, 1.82) is 0 Å². The highest BCUT2D eigenvalue weighted by atomic mass is 16.7. The third-order valence-electron chi connectivity index (χ3n) is 3.67. The van der Waals surface area contributed by atoms with Crippen LogP contribution in [0.4, 0.5) is 0 Å². The molecular formula is C18H23NO3. The molecule has 0 aliphatic carbocycles. The highest BCUT2D eigenvalue weighted by molar-refractivity contribution is 5.87. The van der Waals surface area contributed by atoms with Gasteiger partial charge >= 0.3 is 0 Å². The summed E-state index contributed by atoms with van der Waals surface area (Å²) in [6.07, 6.45) is 2.82. The van der Waals surface area contributed by atoms with Crippen molar-refractivity contribution >= 4 is 5.91 Å². The molecule has 2 atom stereocenters. The zero-order valence-electron chi connectivity index (χ0n) is 13.2. The number of benzene rings is 1. The molecule has 0 N–H and O–H groups in total. The summed E-state index contributed by atoms with van der Waals surface area (Å²) >= 11 is 0. The van der Waals surface area contributed by atoms with Crippen molar-refractivity contribution in [2.75, 3.05) is 6.61 Å². The van der Waals surface area contributed by atoms with E-state index in [2.05, 4.69) is 13.2 Å². The second-order valence-corrected chi connectivity index (χ2v) is 5.75. The average Bonchev–Trinajstić information content (AvgIpc) is 2.87. The first-order chi connectivity index (χ1) is 10.5. The molecule has 118 valence electrons. The average molecular weight is 301 g/mol. The van der Waals surface area contributed by atoms with E-state index in [1.165, 1.54) is 6.08 Å². The molecule has 0 saturated carbocycles. The Kier molecular flexibility index (Phi) is 5.16. The van der Waals surface area contributed by atoms with Gasteiger partial charge in [0.05, 0.1) is 12.6 Å². The number of nitrogens with zero attached hydrogens (tertiary/aromatic N) is 1. The fourth-order valence-corrected chi connectivity index (χ4v) is 2.59. The standard InChI is InChI=1S/C18H23NO3/c1-5-15(16-13-21-18(3,4)22-16)19(17(20)6-2)12-14-10-8-7-9-11-14/h5-11,15-16H,1-2,12-13H2,3-4H3/t15-,16+/m0/s1. The van der Waals surface area contributed by atoms with E-state index in [-0.39, 0.29) is 18.1 Å². The monoisotopic (exact) mass is 301 g/mol. The third-order valence-corrected chi connectivity index (χ3v) is 3.67. The smallest absolute Gasteiger partial charge is 0.246 e. The Labute approximate surface area is 132 Å². The summed E-state index contributed by atoms with van der Waals surface area (Å²) in [7, 11) is 0. The van der Waals surface area contributed by atoms with Gasteiger partial charge in [-0.15, -0.1) is 6.58 Å². The van der Waals surface area contributed by atoms with Gasteiger partial charge in [0.25, 0.3) is 0 Å². The van der Waals surface area contributed by atoms with Crippen LogP contribution in [0.5, 0.6) is 0 Å². The van der Waals surface area contributed by atoms with Gasteiger partial charge in [-0.2, -0.15) is 0 Å². The maximum atomic E-state index is 12.3. The van der Waals surface area contributed by atoms with Crippen LogP contribution in [0.25, 0.3) is 0 Å². The zero-order valence-corrected chi connectivity index (χ0v) is 13.2. The number of hydrogen-bond acceptors (Lipinski definition) is 3. The van der Waals surface area contributed by atoms with Crippen LogP contribution in [0.3, 0.4) is 0 Å². The molecule has 0 radical (unpaired) electrons. The van der Waals surface area contributed by atoms with Crippen LogP contribution in [0.2, 0.25) is 0 Å². The Hall–Kier alpha value is -1.91. The molecule has 22 heavy (non-hydrogen) atoms. The van der Waals surface area contributed by atoms with Gasteiger partial charge < -0.3 is 14.4 Å². The van der Waals surface area contributed by atoms with Gasteiger partial charge in [-0.05, 0) is 25.5 Å². The molecule has 1 aromatic carbocycles. The number of amides is 1. The maximum Gasteiger partial charge on any atom is 0.246 e. The van der Waals surface area contributed by atoms with Crippen molar-refractivity contribution in [1.82, 2.24) is 4.90 Å².